The molecular formula is C17H16O4. The Kier molecular flexibility index (Phi) is 4.99. The number of phenols is 1. The molecule has 1 N–H and O–H groups in total. The summed E-state index contributed by atoms with van der Waals surface area (Å²) in [6.45, 7) is 0.177. The van der Waals surface area contributed by atoms with Crippen LogP contribution in [0.15, 0.2) is 54.6 Å². The smallest absolute Gasteiger partial charge is 0.338 e. The number of ether oxygens (including phenoxy) is 2. The van der Waals surface area contributed by atoms with Gasteiger partial charge >= 0.3 is 5.97 Å². The van der Waals surface area contributed by atoms with E-state index in [0.29, 0.717) is 5.56 Å². The maximum atomic E-state index is 11.8. The molecular weight excluding hydrogens is 268 g/mol. The third-order valence-corrected chi connectivity index (χ3v) is 2.84. The standard InChI is InChI=1S/C17H16O4/c1-20-16-12-14(9-10-15(16)18)17(19)21-11-5-8-13-6-3-2-4-7-13/h2-10,12,18H,11H2,1H3/b8-5+. The van der Waals surface area contributed by atoms with Crippen molar-refractivity contribution in [2.24, 2.45) is 0 Å². The molecule has 0 heterocycles. The van der Waals surface area contributed by atoms with Gasteiger partial charge in [-0.15, -0.1) is 0 Å². The second-order valence-electron chi connectivity index (χ2n) is 4.30. The van der Waals surface area contributed by atoms with Crippen LogP contribution in [-0.2, 0) is 4.74 Å². The average molecular weight is 284 g/mol. The van der Waals surface area contributed by atoms with Gasteiger partial charge in [0.2, 0.25) is 0 Å². The van der Waals surface area contributed by atoms with E-state index >= 15 is 0 Å². The van der Waals surface area contributed by atoms with Crippen LogP contribution < -0.4 is 4.74 Å². The lowest BCUT2D eigenvalue weighted by atomic mass is 10.2. The Morgan fingerprint density at radius 3 is 2.67 bits per heavy atom. The van der Waals surface area contributed by atoms with E-state index in [0.717, 1.165) is 5.56 Å². The summed E-state index contributed by atoms with van der Waals surface area (Å²) < 4.78 is 10.1. The van der Waals surface area contributed by atoms with E-state index in [4.69, 9.17) is 9.47 Å². The molecule has 0 saturated heterocycles. The van der Waals surface area contributed by atoms with Gasteiger partial charge in [0.15, 0.2) is 11.5 Å². The van der Waals surface area contributed by atoms with Crippen LogP contribution in [0.1, 0.15) is 15.9 Å². The maximum Gasteiger partial charge on any atom is 0.338 e. The third kappa shape index (κ3) is 4.11. The molecule has 0 aliphatic carbocycles. The first kappa shape index (κ1) is 14.7. The van der Waals surface area contributed by atoms with Gasteiger partial charge in [-0.05, 0) is 29.8 Å². The number of methoxy groups -OCH3 is 1. The summed E-state index contributed by atoms with van der Waals surface area (Å²) in [6, 6.07) is 14.1. The normalized spacial score (nSPS) is 10.5. The van der Waals surface area contributed by atoms with Crippen molar-refractivity contribution in [3.05, 3.63) is 65.7 Å². The monoisotopic (exact) mass is 284 g/mol. The molecule has 0 amide bonds. The van der Waals surface area contributed by atoms with E-state index in [-0.39, 0.29) is 18.1 Å². The molecule has 0 aromatic heterocycles. The van der Waals surface area contributed by atoms with Crippen LogP contribution >= 0.6 is 0 Å². The Morgan fingerprint density at radius 1 is 1.19 bits per heavy atom. The number of carbonyl (C=O) groups excluding carboxylic acids is 1. The minimum atomic E-state index is -0.467. The van der Waals surface area contributed by atoms with Crippen molar-refractivity contribution in [2.75, 3.05) is 13.7 Å². The Bertz CT molecular complexity index is 632. The lowest BCUT2D eigenvalue weighted by molar-refractivity contribution is 0.0549. The molecule has 0 radical (unpaired) electrons. The molecule has 0 bridgehead atoms. The molecule has 0 spiro atoms. The summed E-state index contributed by atoms with van der Waals surface area (Å²) in [4.78, 5) is 11.8. The molecule has 0 unspecified atom stereocenters. The number of hydrogen-bond donors (Lipinski definition) is 1. The predicted molar refractivity (Wildman–Crippen MR) is 80.4 cm³/mol. The van der Waals surface area contributed by atoms with Gasteiger partial charge in [0, 0.05) is 0 Å². The van der Waals surface area contributed by atoms with E-state index in [2.05, 4.69) is 0 Å². The summed E-state index contributed by atoms with van der Waals surface area (Å²) in [5.41, 5.74) is 1.37. The zero-order valence-electron chi connectivity index (χ0n) is 11.7. The molecule has 108 valence electrons. The van der Waals surface area contributed by atoms with Crippen LogP contribution in [0.4, 0.5) is 0 Å². The van der Waals surface area contributed by atoms with Gasteiger partial charge in [-0.25, -0.2) is 4.79 Å². The second kappa shape index (κ2) is 7.14. The summed E-state index contributed by atoms with van der Waals surface area (Å²) in [6.07, 6.45) is 3.65. The van der Waals surface area contributed by atoms with Gasteiger partial charge in [0.25, 0.3) is 0 Å². The van der Waals surface area contributed by atoms with Crippen LogP contribution in [-0.4, -0.2) is 24.8 Å². The Morgan fingerprint density at radius 2 is 1.95 bits per heavy atom. The molecule has 0 aliphatic heterocycles. The van der Waals surface area contributed by atoms with E-state index in [1.54, 1.807) is 6.08 Å². The molecule has 21 heavy (non-hydrogen) atoms. The minimum Gasteiger partial charge on any atom is -0.504 e. The highest BCUT2D eigenvalue weighted by Gasteiger charge is 2.10. The zero-order chi connectivity index (χ0) is 15.1. The van der Waals surface area contributed by atoms with Crippen LogP contribution in [0.25, 0.3) is 6.08 Å². The number of esters is 1. The summed E-state index contributed by atoms with van der Waals surface area (Å²) in [7, 11) is 1.42. The Hall–Kier alpha value is -2.75. The van der Waals surface area contributed by atoms with Gasteiger partial charge in [0.05, 0.1) is 12.7 Å². The van der Waals surface area contributed by atoms with E-state index in [1.807, 2.05) is 36.4 Å². The lowest BCUT2D eigenvalue weighted by Gasteiger charge is -2.06. The van der Waals surface area contributed by atoms with Crippen molar-refractivity contribution in [1.29, 1.82) is 0 Å². The summed E-state index contributed by atoms with van der Waals surface area (Å²) in [5, 5.41) is 9.47. The van der Waals surface area contributed by atoms with Gasteiger partial charge in [0.1, 0.15) is 6.61 Å². The highest BCUT2D eigenvalue weighted by Crippen LogP contribution is 2.26. The number of aromatic hydroxyl groups is 1. The first-order valence-corrected chi connectivity index (χ1v) is 6.46. The first-order chi connectivity index (χ1) is 10.2. The van der Waals surface area contributed by atoms with Crippen LogP contribution in [0.2, 0.25) is 0 Å². The van der Waals surface area contributed by atoms with Crippen LogP contribution in [0.5, 0.6) is 11.5 Å². The van der Waals surface area contributed by atoms with E-state index < -0.39 is 5.97 Å². The van der Waals surface area contributed by atoms with Gasteiger partial charge < -0.3 is 14.6 Å². The highest BCUT2D eigenvalue weighted by atomic mass is 16.5. The van der Waals surface area contributed by atoms with Crippen molar-refractivity contribution in [3.63, 3.8) is 0 Å². The molecule has 4 heteroatoms. The number of carbonyl (C=O) groups is 1. The quantitative estimate of drug-likeness (QED) is 0.856. The fourth-order valence-corrected chi connectivity index (χ4v) is 1.76. The molecule has 0 fully saturated rings. The fourth-order valence-electron chi connectivity index (χ4n) is 1.76. The highest BCUT2D eigenvalue weighted by molar-refractivity contribution is 5.90. The zero-order valence-corrected chi connectivity index (χ0v) is 11.7. The topological polar surface area (TPSA) is 55.8 Å². The van der Waals surface area contributed by atoms with Crippen LogP contribution in [0, 0.1) is 0 Å². The van der Waals surface area contributed by atoms with Crippen molar-refractivity contribution < 1.29 is 19.4 Å². The second-order valence-corrected chi connectivity index (χ2v) is 4.30. The lowest BCUT2D eigenvalue weighted by Crippen LogP contribution is -2.05. The SMILES string of the molecule is COc1cc(C(=O)OC/C=C/c2ccccc2)ccc1O. The summed E-state index contributed by atoms with van der Waals surface area (Å²) in [5.74, 6) is -0.242. The molecule has 0 aliphatic rings. The molecule has 2 rings (SSSR count). The molecule has 2 aromatic carbocycles. The predicted octanol–water partition coefficient (Wildman–Crippen LogP) is 3.27. The van der Waals surface area contributed by atoms with E-state index in [9.17, 15) is 9.90 Å². The van der Waals surface area contributed by atoms with E-state index in [1.165, 1.54) is 25.3 Å². The van der Waals surface area contributed by atoms with Crippen molar-refractivity contribution in [2.45, 2.75) is 0 Å². The Balaban J connectivity index is 1.92. The number of phenolic OH excluding ortho intramolecular Hbond substituents is 1. The molecule has 4 nitrogen and oxygen atoms in total. The molecule has 0 saturated carbocycles. The number of hydrogen-bond acceptors (Lipinski definition) is 4. The first-order valence-electron chi connectivity index (χ1n) is 6.46. The van der Waals surface area contributed by atoms with Gasteiger partial charge in [-0.1, -0.05) is 36.4 Å². The van der Waals surface area contributed by atoms with Crippen molar-refractivity contribution in [1.82, 2.24) is 0 Å². The van der Waals surface area contributed by atoms with Gasteiger partial charge in [-0.3, -0.25) is 0 Å². The van der Waals surface area contributed by atoms with Crippen molar-refractivity contribution >= 4 is 12.0 Å². The fraction of sp³-hybridized carbons (Fsp3) is 0.118. The van der Waals surface area contributed by atoms with Crippen molar-refractivity contribution in [3.8, 4) is 11.5 Å². The number of benzene rings is 2. The average Bonchev–Trinajstić information content (AvgIpc) is 2.53. The Labute approximate surface area is 123 Å². The largest absolute Gasteiger partial charge is 0.504 e. The number of rotatable bonds is 5. The molecule has 2 aromatic rings. The van der Waals surface area contributed by atoms with Gasteiger partial charge in [-0.2, -0.15) is 0 Å². The maximum absolute atomic E-state index is 11.8. The minimum absolute atomic E-state index is 0.0157. The molecule has 0 atom stereocenters. The summed E-state index contributed by atoms with van der Waals surface area (Å²) >= 11 is 0. The third-order valence-electron chi connectivity index (χ3n) is 2.84. The van der Waals surface area contributed by atoms with Crippen LogP contribution in [0.3, 0.4) is 0 Å².